The van der Waals surface area contributed by atoms with Gasteiger partial charge in [-0.05, 0) is 37.2 Å². The summed E-state index contributed by atoms with van der Waals surface area (Å²) in [5.41, 5.74) is 1.32. The largest absolute Gasteiger partial charge is 0.374 e. The molecule has 3 fully saturated rings. The molecule has 4 rings (SSSR count). The fourth-order valence-electron chi connectivity index (χ4n) is 4.70. The molecular weight excluding hydrogens is 312 g/mol. The van der Waals surface area contributed by atoms with E-state index in [-0.39, 0.29) is 12.0 Å². The van der Waals surface area contributed by atoms with Crippen LogP contribution in [0.2, 0.25) is 0 Å². The van der Waals surface area contributed by atoms with Crippen LogP contribution in [0.5, 0.6) is 0 Å². The summed E-state index contributed by atoms with van der Waals surface area (Å²) in [7, 11) is 0. The van der Waals surface area contributed by atoms with Crippen molar-refractivity contribution >= 4 is 5.91 Å². The number of nitrogens with zero attached hydrogens (tertiary/aromatic N) is 1. The molecule has 3 atom stereocenters. The normalized spacial score (nSPS) is 28.1. The lowest BCUT2D eigenvalue weighted by molar-refractivity contribution is -0.148. The van der Waals surface area contributed by atoms with Crippen molar-refractivity contribution < 1.29 is 9.53 Å². The molecule has 0 spiro atoms. The zero-order chi connectivity index (χ0) is 17.1. The quantitative estimate of drug-likeness (QED) is 0.893. The number of amides is 1. The topological polar surface area (TPSA) is 41.6 Å². The lowest BCUT2D eigenvalue weighted by Gasteiger charge is -2.44. The lowest BCUT2D eigenvalue weighted by Crippen LogP contribution is -2.56. The minimum atomic E-state index is 0.250. The van der Waals surface area contributed by atoms with Gasteiger partial charge in [-0.15, -0.1) is 0 Å². The lowest BCUT2D eigenvalue weighted by atomic mass is 9.77. The highest BCUT2D eigenvalue weighted by Crippen LogP contribution is 2.37. The molecular formula is C21H30N2O2. The molecule has 0 bridgehead atoms. The zero-order valence-electron chi connectivity index (χ0n) is 15.0. The molecule has 1 N–H and O–H groups in total. The summed E-state index contributed by atoms with van der Waals surface area (Å²) in [6, 6.07) is 11.2. The van der Waals surface area contributed by atoms with Gasteiger partial charge < -0.3 is 15.0 Å². The maximum atomic E-state index is 12.9. The second kappa shape index (κ2) is 7.88. The minimum absolute atomic E-state index is 0.250. The molecule has 25 heavy (non-hydrogen) atoms. The van der Waals surface area contributed by atoms with Crippen molar-refractivity contribution in [2.24, 2.45) is 5.92 Å². The summed E-state index contributed by atoms with van der Waals surface area (Å²) in [5.74, 6) is 0.919. The minimum Gasteiger partial charge on any atom is -0.374 e. The van der Waals surface area contributed by atoms with Gasteiger partial charge in [0.2, 0.25) is 5.91 Å². The molecule has 4 nitrogen and oxygen atoms in total. The fraction of sp³-hybridized carbons (Fsp3) is 0.667. The molecule has 1 aliphatic heterocycles. The highest BCUT2D eigenvalue weighted by atomic mass is 16.5. The molecule has 3 aliphatic rings. The average molecular weight is 342 g/mol. The molecule has 2 saturated carbocycles. The Morgan fingerprint density at radius 3 is 2.68 bits per heavy atom. The van der Waals surface area contributed by atoms with E-state index in [0.29, 0.717) is 31.2 Å². The number of nitrogens with one attached hydrogen (secondary N) is 1. The molecule has 136 valence electrons. The third-order valence-corrected chi connectivity index (χ3v) is 6.31. The Hall–Kier alpha value is -1.39. The molecule has 1 saturated heterocycles. The molecule has 1 aromatic rings. The predicted octanol–water partition coefficient (Wildman–Crippen LogP) is 3.29. The number of carbonyl (C=O) groups is 1. The smallest absolute Gasteiger partial charge is 0.236 e. The van der Waals surface area contributed by atoms with Gasteiger partial charge in [-0.25, -0.2) is 0 Å². The van der Waals surface area contributed by atoms with Crippen LogP contribution in [-0.4, -0.2) is 42.6 Å². The molecule has 1 amide bonds. The number of morpholine rings is 1. The van der Waals surface area contributed by atoms with Crippen molar-refractivity contribution in [3.8, 4) is 0 Å². The number of hydrogen-bond donors (Lipinski definition) is 1. The van der Waals surface area contributed by atoms with Crippen LogP contribution >= 0.6 is 0 Å². The second-order valence-corrected chi connectivity index (χ2v) is 7.81. The van der Waals surface area contributed by atoms with Crippen molar-refractivity contribution in [2.75, 3.05) is 19.7 Å². The van der Waals surface area contributed by atoms with E-state index >= 15 is 0 Å². The molecule has 0 radical (unpaired) electrons. The molecule has 1 heterocycles. The van der Waals surface area contributed by atoms with Crippen LogP contribution in [0.4, 0.5) is 0 Å². The SMILES string of the molecule is O=C(CN[C@H](c1ccccc1)C1CCC1)N1CCO[C@@H]2CCCC[C@H]21. The van der Waals surface area contributed by atoms with Gasteiger partial charge in [0.05, 0.1) is 25.3 Å². The van der Waals surface area contributed by atoms with E-state index < -0.39 is 0 Å². The first-order valence-electron chi connectivity index (χ1n) is 10.0. The monoisotopic (exact) mass is 342 g/mol. The first-order chi connectivity index (χ1) is 12.3. The second-order valence-electron chi connectivity index (χ2n) is 7.81. The Bertz CT molecular complexity index is 571. The summed E-state index contributed by atoms with van der Waals surface area (Å²) < 4.78 is 5.91. The summed E-state index contributed by atoms with van der Waals surface area (Å²) in [5, 5.41) is 3.60. The van der Waals surface area contributed by atoms with Crippen molar-refractivity contribution in [3.63, 3.8) is 0 Å². The third-order valence-electron chi connectivity index (χ3n) is 6.31. The van der Waals surface area contributed by atoms with Crippen LogP contribution in [-0.2, 0) is 9.53 Å². The van der Waals surface area contributed by atoms with E-state index in [2.05, 4.69) is 40.5 Å². The van der Waals surface area contributed by atoms with Gasteiger partial charge in [0.1, 0.15) is 0 Å². The fourth-order valence-corrected chi connectivity index (χ4v) is 4.70. The highest BCUT2D eigenvalue weighted by molar-refractivity contribution is 5.79. The van der Waals surface area contributed by atoms with Crippen molar-refractivity contribution in [1.82, 2.24) is 10.2 Å². The van der Waals surface area contributed by atoms with Gasteiger partial charge in [-0.2, -0.15) is 0 Å². The summed E-state index contributed by atoms with van der Waals surface area (Å²) in [6.07, 6.45) is 8.78. The third kappa shape index (κ3) is 3.75. The van der Waals surface area contributed by atoms with Crippen LogP contribution in [0.3, 0.4) is 0 Å². The Labute approximate surface area is 150 Å². The van der Waals surface area contributed by atoms with Crippen LogP contribution in [0.25, 0.3) is 0 Å². The first-order valence-corrected chi connectivity index (χ1v) is 10.0. The number of rotatable bonds is 5. The van der Waals surface area contributed by atoms with Crippen LogP contribution in [0, 0.1) is 5.92 Å². The van der Waals surface area contributed by atoms with E-state index in [1.165, 1.54) is 37.7 Å². The molecule has 1 aromatic carbocycles. The van der Waals surface area contributed by atoms with Gasteiger partial charge in [0, 0.05) is 12.6 Å². The molecule has 4 heteroatoms. The maximum absolute atomic E-state index is 12.9. The van der Waals surface area contributed by atoms with Gasteiger partial charge in [0.15, 0.2) is 0 Å². The summed E-state index contributed by atoms with van der Waals surface area (Å²) in [4.78, 5) is 15.0. The number of fused-ring (bicyclic) bond motifs is 1. The Morgan fingerprint density at radius 1 is 1.12 bits per heavy atom. The Balaban J connectivity index is 1.39. The predicted molar refractivity (Wildman–Crippen MR) is 98.2 cm³/mol. The van der Waals surface area contributed by atoms with Gasteiger partial charge in [-0.1, -0.05) is 49.6 Å². The molecule has 2 aliphatic carbocycles. The maximum Gasteiger partial charge on any atom is 0.236 e. The molecule has 0 unspecified atom stereocenters. The summed E-state index contributed by atoms with van der Waals surface area (Å²) in [6.45, 7) is 1.89. The number of carbonyl (C=O) groups excluding carboxylic acids is 1. The number of ether oxygens (including phenoxy) is 1. The number of hydrogen-bond acceptors (Lipinski definition) is 3. The van der Waals surface area contributed by atoms with E-state index in [1.807, 2.05) is 0 Å². The van der Waals surface area contributed by atoms with E-state index in [1.54, 1.807) is 0 Å². The first kappa shape index (κ1) is 17.0. The van der Waals surface area contributed by atoms with Crippen LogP contribution in [0.15, 0.2) is 30.3 Å². The van der Waals surface area contributed by atoms with E-state index in [4.69, 9.17) is 4.74 Å². The highest BCUT2D eigenvalue weighted by Gasteiger charge is 2.37. The Kier molecular flexibility index (Phi) is 5.37. The standard InChI is InChI=1S/C21H30N2O2/c24-20(23-13-14-25-19-12-5-4-11-18(19)23)15-22-21(17-9-6-10-17)16-7-2-1-3-8-16/h1-3,7-8,17-19,21-22H,4-6,9-15H2/t18-,19-,21-/m1/s1. The summed E-state index contributed by atoms with van der Waals surface area (Å²) >= 11 is 0. The van der Waals surface area contributed by atoms with E-state index in [0.717, 1.165) is 19.4 Å². The zero-order valence-corrected chi connectivity index (χ0v) is 15.0. The van der Waals surface area contributed by atoms with Crippen molar-refractivity contribution in [2.45, 2.75) is 63.1 Å². The van der Waals surface area contributed by atoms with Crippen LogP contribution in [0.1, 0.15) is 56.6 Å². The number of benzene rings is 1. The van der Waals surface area contributed by atoms with Crippen LogP contribution < -0.4 is 5.32 Å². The average Bonchev–Trinajstić information content (AvgIpc) is 2.63. The van der Waals surface area contributed by atoms with Gasteiger partial charge in [-0.3, -0.25) is 4.79 Å². The Morgan fingerprint density at radius 2 is 1.92 bits per heavy atom. The molecule has 0 aromatic heterocycles. The van der Waals surface area contributed by atoms with Gasteiger partial charge in [0.25, 0.3) is 0 Å². The van der Waals surface area contributed by atoms with Crippen molar-refractivity contribution in [3.05, 3.63) is 35.9 Å². The van der Waals surface area contributed by atoms with E-state index in [9.17, 15) is 4.79 Å². The van der Waals surface area contributed by atoms with Crippen molar-refractivity contribution in [1.29, 1.82) is 0 Å². The van der Waals surface area contributed by atoms with Gasteiger partial charge >= 0.3 is 0 Å².